The highest BCUT2D eigenvalue weighted by molar-refractivity contribution is 5.95. The molecule has 0 radical (unpaired) electrons. The molecule has 9 heteroatoms. The van der Waals surface area contributed by atoms with E-state index in [0.717, 1.165) is 44.1 Å². The van der Waals surface area contributed by atoms with Gasteiger partial charge in [-0.3, -0.25) is 4.79 Å². The number of carbonyl (C=O) groups excluding carboxylic acids is 2. The van der Waals surface area contributed by atoms with Crippen LogP contribution in [0, 0.1) is 0 Å². The number of benzene rings is 2. The summed E-state index contributed by atoms with van der Waals surface area (Å²) in [5, 5.41) is 12.4. The number of nitrogens with zero attached hydrogens (tertiary/aromatic N) is 1. The molecule has 0 aliphatic heterocycles. The Morgan fingerprint density at radius 3 is 2.08 bits per heavy atom. The quantitative estimate of drug-likeness (QED) is 0.522. The van der Waals surface area contributed by atoms with Crippen molar-refractivity contribution in [3.05, 3.63) is 71.3 Å². The Hall–Kier alpha value is -3.07. The van der Waals surface area contributed by atoms with Gasteiger partial charge in [-0.2, -0.15) is 13.2 Å². The number of alkyl carbamates (subject to hydrolysis) is 1. The summed E-state index contributed by atoms with van der Waals surface area (Å²) in [7, 11) is 1.52. The van der Waals surface area contributed by atoms with E-state index in [-0.39, 0.29) is 35.6 Å². The summed E-state index contributed by atoms with van der Waals surface area (Å²) in [5.74, 6) is -0.209. The lowest BCUT2D eigenvalue weighted by Crippen LogP contribution is -2.48. The fraction of sp³-hybridized carbons (Fsp3) is 0.500. The number of hydrogen-bond acceptors (Lipinski definition) is 4. The number of nitrogens with one attached hydrogen (secondary N) is 1. The van der Waals surface area contributed by atoms with E-state index in [0.29, 0.717) is 12.5 Å². The van der Waals surface area contributed by atoms with Crippen LogP contribution in [0.15, 0.2) is 54.6 Å². The van der Waals surface area contributed by atoms with Crippen molar-refractivity contribution >= 4 is 12.0 Å². The van der Waals surface area contributed by atoms with E-state index < -0.39 is 17.9 Å². The first-order valence-electron chi connectivity index (χ1n) is 12.6. The molecule has 0 bridgehead atoms. The van der Waals surface area contributed by atoms with Crippen LogP contribution in [0.1, 0.15) is 66.9 Å². The van der Waals surface area contributed by atoms with E-state index in [2.05, 4.69) is 5.32 Å². The highest BCUT2D eigenvalue weighted by Gasteiger charge is 2.51. The fourth-order valence-electron chi connectivity index (χ4n) is 5.25. The minimum Gasteiger partial charge on any atom is -0.449 e. The molecule has 2 saturated carbocycles. The van der Waals surface area contributed by atoms with Gasteiger partial charge < -0.3 is 20.1 Å². The van der Waals surface area contributed by atoms with E-state index in [9.17, 15) is 27.9 Å². The number of rotatable bonds is 7. The summed E-state index contributed by atoms with van der Waals surface area (Å²) in [6, 6.07) is 15.1. The van der Waals surface area contributed by atoms with E-state index in [1.54, 1.807) is 0 Å². The molecule has 2 N–H and O–H groups in total. The van der Waals surface area contributed by atoms with E-state index in [1.165, 1.54) is 31.3 Å². The van der Waals surface area contributed by atoms with Crippen LogP contribution in [0.4, 0.5) is 18.0 Å². The maximum Gasteiger partial charge on any atom is 0.421 e. The highest BCUT2D eigenvalue weighted by Crippen LogP contribution is 2.44. The zero-order valence-electron chi connectivity index (χ0n) is 21.1. The molecule has 37 heavy (non-hydrogen) atoms. The van der Waals surface area contributed by atoms with Crippen LogP contribution in [0.25, 0.3) is 0 Å². The lowest BCUT2D eigenvalue weighted by Gasteiger charge is -2.44. The molecule has 4 rings (SSSR count). The lowest BCUT2D eigenvalue weighted by molar-refractivity contribution is -0.258. The number of carbonyl (C=O) groups is 2. The van der Waals surface area contributed by atoms with Gasteiger partial charge in [-0.15, -0.1) is 0 Å². The summed E-state index contributed by atoms with van der Waals surface area (Å²) in [5.41, 5.74) is -2.26. The molecule has 2 aromatic rings. The third kappa shape index (κ3) is 5.61. The van der Waals surface area contributed by atoms with Gasteiger partial charge in [0.05, 0.1) is 0 Å². The molecule has 6 nitrogen and oxygen atoms in total. The molecular weight excluding hydrogens is 485 g/mol. The van der Waals surface area contributed by atoms with Crippen molar-refractivity contribution < 1.29 is 32.6 Å². The number of ether oxygens (including phenoxy) is 1. The van der Waals surface area contributed by atoms with Gasteiger partial charge in [-0.25, -0.2) is 4.79 Å². The average molecular weight is 519 g/mol. The summed E-state index contributed by atoms with van der Waals surface area (Å²) in [6.45, 7) is 0.941. The smallest absolute Gasteiger partial charge is 0.421 e. The van der Waals surface area contributed by atoms with Crippen molar-refractivity contribution in [1.29, 1.82) is 0 Å². The molecule has 0 aromatic heterocycles. The van der Waals surface area contributed by atoms with Gasteiger partial charge in [0.2, 0.25) is 0 Å². The zero-order valence-corrected chi connectivity index (χ0v) is 21.1. The second-order valence-electron chi connectivity index (χ2n) is 10.3. The van der Waals surface area contributed by atoms with Crippen LogP contribution >= 0.6 is 0 Å². The lowest BCUT2D eigenvalue weighted by atomic mass is 9.68. The van der Waals surface area contributed by atoms with Gasteiger partial charge in [-0.1, -0.05) is 42.5 Å². The number of amides is 2. The van der Waals surface area contributed by atoms with Crippen molar-refractivity contribution in [3.63, 3.8) is 0 Å². The van der Waals surface area contributed by atoms with Crippen molar-refractivity contribution in [2.45, 2.75) is 74.7 Å². The predicted octanol–water partition coefficient (Wildman–Crippen LogP) is 5.30. The molecule has 2 fully saturated rings. The van der Waals surface area contributed by atoms with Crippen LogP contribution in [-0.2, 0) is 15.8 Å². The number of aliphatic hydroxyl groups is 1. The van der Waals surface area contributed by atoms with Gasteiger partial charge in [0.1, 0.15) is 6.61 Å². The van der Waals surface area contributed by atoms with Gasteiger partial charge in [0, 0.05) is 30.1 Å². The number of alkyl halides is 3. The Balaban J connectivity index is 1.51. The van der Waals surface area contributed by atoms with Crippen molar-refractivity contribution in [3.8, 4) is 0 Å². The normalized spacial score (nSPS) is 23.6. The second kappa shape index (κ2) is 10.4. The third-order valence-electron chi connectivity index (χ3n) is 7.80. The average Bonchev–Trinajstić information content (AvgIpc) is 3.73. The molecule has 200 valence electrons. The largest absolute Gasteiger partial charge is 0.449 e. The molecule has 0 saturated heterocycles. The van der Waals surface area contributed by atoms with E-state index in [1.807, 2.05) is 35.2 Å². The third-order valence-corrected chi connectivity index (χ3v) is 7.80. The molecule has 2 aliphatic carbocycles. The van der Waals surface area contributed by atoms with E-state index in [4.69, 9.17) is 4.74 Å². The molecule has 0 heterocycles. The van der Waals surface area contributed by atoms with Crippen LogP contribution in [-0.4, -0.2) is 53.9 Å². The summed E-state index contributed by atoms with van der Waals surface area (Å²) in [4.78, 5) is 27.2. The number of hydrogen-bond donors (Lipinski definition) is 2. The molecule has 2 aliphatic rings. The van der Waals surface area contributed by atoms with Crippen LogP contribution in [0.2, 0.25) is 0 Å². The molecule has 0 spiro atoms. The first kappa shape index (κ1) is 27.0. The summed E-state index contributed by atoms with van der Waals surface area (Å²) in [6.07, 6.45) is -0.637. The Labute approximate surface area is 214 Å². The first-order valence-corrected chi connectivity index (χ1v) is 12.6. The molecule has 2 aromatic carbocycles. The Morgan fingerprint density at radius 2 is 1.57 bits per heavy atom. The maximum atomic E-state index is 13.5. The van der Waals surface area contributed by atoms with Gasteiger partial charge in [0.25, 0.3) is 5.91 Å². The highest BCUT2D eigenvalue weighted by atomic mass is 19.4. The maximum absolute atomic E-state index is 13.5. The van der Waals surface area contributed by atoms with Crippen LogP contribution in [0.3, 0.4) is 0 Å². The molecular formula is C28H33F3N2O4. The van der Waals surface area contributed by atoms with E-state index >= 15 is 0 Å². The Bertz CT molecular complexity index is 1090. The van der Waals surface area contributed by atoms with Crippen LogP contribution < -0.4 is 5.32 Å². The zero-order chi connectivity index (χ0) is 26.8. The summed E-state index contributed by atoms with van der Waals surface area (Å²) >= 11 is 0. The Kier molecular flexibility index (Phi) is 7.55. The van der Waals surface area contributed by atoms with Gasteiger partial charge >= 0.3 is 12.3 Å². The Morgan fingerprint density at radius 1 is 1.00 bits per heavy atom. The molecule has 1 atom stereocenters. The summed E-state index contributed by atoms with van der Waals surface area (Å²) < 4.78 is 45.1. The SMILES string of the molecule is CNC(=O)OCC1(c2ccccc2)CCC(N(C(=O)c2ccc([C@](C)(O)C(F)(F)F)cc2)C2CC2)CC1. The number of halogens is 3. The van der Waals surface area contributed by atoms with Crippen molar-refractivity contribution in [1.82, 2.24) is 10.2 Å². The monoisotopic (exact) mass is 518 g/mol. The minimum absolute atomic E-state index is 0.0187. The second-order valence-corrected chi connectivity index (χ2v) is 10.3. The van der Waals surface area contributed by atoms with Gasteiger partial charge in [-0.05, 0) is 68.7 Å². The fourth-order valence-corrected chi connectivity index (χ4v) is 5.25. The molecule has 2 amide bonds. The van der Waals surface area contributed by atoms with Crippen molar-refractivity contribution in [2.75, 3.05) is 13.7 Å². The standard InChI is InChI=1S/C28H33F3N2O4/c1-26(36,28(29,30)31)20-10-8-19(9-11-20)24(34)33(22-12-13-22)23-14-16-27(17-15-23,18-37-25(35)32-2)21-6-4-3-5-7-21/h3-11,22-23,36H,12-18H2,1-2H3,(H,32,35)/t23?,26-,27?/m0/s1. The van der Waals surface area contributed by atoms with Crippen molar-refractivity contribution in [2.24, 2.45) is 0 Å². The minimum atomic E-state index is -4.83. The van der Waals surface area contributed by atoms with Gasteiger partial charge in [0.15, 0.2) is 5.60 Å². The molecule has 0 unspecified atom stereocenters. The topological polar surface area (TPSA) is 78.9 Å². The first-order chi connectivity index (χ1) is 17.5. The predicted molar refractivity (Wildman–Crippen MR) is 132 cm³/mol. The van der Waals surface area contributed by atoms with Crippen LogP contribution in [0.5, 0.6) is 0 Å².